The molecule has 0 bridgehead atoms. The minimum Gasteiger partial charge on any atom is -0.391 e. The van der Waals surface area contributed by atoms with Gasteiger partial charge in [-0.3, -0.25) is 4.79 Å². The first-order valence-corrected chi connectivity index (χ1v) is 5.70. The van der Waals surface area contributed by atoms with Crippen LogP contribution in [0.2, 0.25) is 5.02 Å². The molecule has 0 spiro atoms. The normalized spacial score (nSPS) is 20.2. The number of hydrogen-bond acceptors (Lipinski definition) is 2. The Hall–Kier alpha value is -1.06. The summed E-state index contributed by atoms with van der Waals surface area (Å²) in [6.45, 7) is 2.87. The Kier molecular flexibility index (Phi) is 3.17. The summed E-state index contributed by atoms with van der Waals surface area (Å²) in [6, 6.07) is 5.32. The topological polar surface area (TPSA) is 40.5 Å². The molecule has 1 heterocycles. The van der Waals surface area contributed by atoms with E-state index in [0.29, 0.717) is 30.1 Å². The molecule has 0 aliphatic carbocycles. The molecule has 1 aromatic rings. The number of carbonyl (C=O) groups excluding carboxylic acids is 1. The number of rotatable bonds is 1. The predicted molar refractivity (Wildman–Crippen MR) is 62.7 cm³/mol. The highest BCUT2D eigenvalue weighted by atomic mass is 35.5. The maximum Gasteiger partial charge on any atom is 0.254 e. The Balaban J connectivity index is 2.24. The summed E-state index contributed by atoms with van der Waals surface area (Å²) in [7, 11) is 0. The molecule has 0 aromatic heterocycles. The standard InChI is InChI=1S/C12H14ClNO2/c1-8-10(3-2-4-11(8)13)12(16)14-6-5-9(15)7-14/h2-4,9,15H,5-7H2,1H3/t9-/m1/s1. The number of amides is 1. The van der Waals surface area contributed by atoms with E-state index in [1.165, 1.54) is 0 Å². The van der Waals surface area contributed by atoms with Crippen LogP contribution in [0.1, 0.15) is 22.3 Å². The van der Waals surface area contributed by atoms with Crippen LogP contribution in [0.5, 0.6) is 0 Å². The van der Waals surface area contributed by atoms with Gasteiger partial charge < -0.3 is 10.0 Å². The van der Waals surface area contributed by atoms with Crippen LogP contribution in [0.25, 0.3) is 0 Å². The summed E-state index contributed by atoms with van der Waals surface area (Å²) >= 11 is 5.97. The highest BCUT2D eigenvalue weighted by Gasteiger charge is 2.26. The number of β-amino-alcohol motifs (C(OH)–C–C–N with tert-alkyl or cyclic N) is 1. The molecule has 4 heteroatoms. The van der Waals surface area contributed by atoms with Crippen LogP contribution in [-0.2, 0) is 0 Å². The fourth-order valence-electron chi connectivity index (χ4n) is 1.94. The second-order valence-electron chi connectivity index (χ2n) is 4.11. The second kappa shape index (κ2) is 4.44. The molecule has 1 atom stereocenters. The van der Waals surface area contributed by atoms with Gasteiger partial charge >= 0.3 is 0 Å². The van der Waals surface area contributed by atoms with E-state index in [9.17, 15) is 9.90 Å². The zero-order valence-corrected chi connectivity index (χ0v) is 9.87. The van der Waals surface area contributed by atoms with Gasteiger partial charge in [-0.2, -0.15) is 0 Å². The largest absolute Gasteiger partial charge is 0.391 e. The maximum absolute atomic E-state index is 12.1. The van der Waals surface area contributed by atoms with Crippen LogP contribution < -0.4 is 0 Å². The summed E-state index contributed by atoms with van der Waals surface area (Å²) < 4.78 is 0. The quantitative estimate of drug-likeness (QED) is 0.813. The summed E-state index contributed by atoms with van der Waals surface area (Å²) in [5, 5.41) is 10.0. The van der Waals surface area contributed by atoms with E-state index in [1.807, 2.05) is 6.92 Å². The molecule has 1 saturated heterocycles. The van der Waals surface area contributed by atoms with Crippen molar-refractivity contribution >= 4 is 17.5 Å². The molecule has 1 aromatic carbocycles. The fourth-order valence-corrected chi connectivity index (χ4v) is 2.11. The number of nitrogens with zero attached hydrogens (tertiary/aromatic N) is 1. The Morgan fingerprint density at radius 2 is 2.31 bits per heavy atom. The number of benzene rings is 1. The van der Waals surface area contributed by atoms with E-state index in [-0.39, 0.29) is 12.0 Å². The average molecular weight is 240 g/mol. The van der Waals surface area contributed by atoms with E-state index >= 15 is 0 Å². The maximum atomic E-state index is 12.1. The lowest BCUT2D eigenvalue weighted by Crippen LogP contribution is -2.30. The highest BCUT2D eigenvalue weighted by molar-refractivity contribution is 6.31. The van der Waals surface area contributed by atoms with Crippen LogP contribution in [0, 0.1) is 6.92 Å². The first kappa shape index (κ1) is 11.4. The van der Waals surface area contributed by atoms with Crippen molar-refractivity contribution in [2.45, 2.75) is 19.4 Å². The van der Waals surface area contributed by atoms with Crippen molar-refractivity contribution in [1.82, 2.24) is 4.90 Å². The van der Waals surface area contributed by atoms with E-state index in [1.54, 1.807) is 23.1 Å². The number of halogens is 1. The Morgan fingerprint density at radius 3 is 2.94 bits per heavy atom. The molecule has 1 N–H and O–H groups in total. The van der Waals surface area contributed by atoms with Gasteiger partial charge in [0.05, 0.1) is 6.10 Å². The fraction of sp³-hybridized carbons (Fsp3) is 0.417. The van der Waals surface area contributed by atoms with Crippen LogP contribution >= 0.6 is 11.6 Å². The number of carbonyl (C=O) groups is 1. The molecule has 3 nitrogen and oxygen atoms in total. The number of aliphatic hydroxyl groups excluding tert-OH is 1. The molecule has 1 amide bonds. The van der Waals surface area contributed by atoms with Gasteiger partial charge in [0.2, 0.25) is 0 Å². The molecule has 0 radical (unpaired) electrons. The van der Waals surface area contributed by atoms with Crippen LogP contribution in [-0.4, -0.2) is 35.1 Å². The van der Waals surface area contributed by atoms with Crippen LogP contribution in [0.4, 0.5) is 0 Å². The lowest BCUT2D eigenvalue weighted by atomic mass is 10.1. The van der Waals surface area contributed by atoms with Gasteiger partial charge in [0.1, 0.15) is 0 Å². The lowest BCUT2D eigenvalue weighted by Gasteiger charge is -2.17. The number of likely N-dealkylation sites (tertiary alicyclic amines) is 1. The third-order valence-corrected chi connectivity index (χ3v) is 3.36. The zero-order valence-electron chi connectivity index (χ0n) is 9.11. The lowest BCUT2D eigenvalue weighted by molar-refractivity contribution is 0.0764. The van der Waals surface area contributed by atoms with Gasteiger partial charge in [0, 0.05) is 23.7 Å². The van der Waals surface area contributed by atoms with E-state index in [2.05, 4.69) is 0 Å². The molecule has 1 fully saturated rings. The van der Waals surface area contributed by atoms with Gasteiger partial charge in [-0.25, -0.2) is 0 Å². The van der Waals surface area contributed by atoms with E-state index < -0.39 is 0 Å². The molecule has 0 unspecified atom stereocenters. The SMILES string of the molecule is Cc1c(Cl)cccc1C(=O)N1CC[C@@H](O)C1. The van der Waals surface area contributed by atoms with E-state index in [0.717, 1.165) is 5.56 Å². The monoisotopic (exact) mass is 239 g/mol. The highest BCUT2D eigenvalue weighted by Crippen LogP contribution is 2.21. The Bertz CT molecular complexity index is 419. The van der Waals surface area contributed by atoms with Gasteiger partial charge in [0.25, 0.3) is 5.91 Å². The summed E-state index contributed by atoms with van der Waals surface area (Å²) in [4.78, 5) is 13.8. The summed E-state index contributed by atoms with van der Waals surface area (Å²) in [5.74, 6) is -0.0449. The van der Waals surface area contributed by atoms with Gasteiger partial charge in [-0.15, -0.1) is 0 Å². The van der Waals surface area contributed by atoms with Crippen molar-refractivity contribution in [3.8, 4) is 0 Å². The predicted octanol–water partition coefficient (Wildman–Crippen LogP) is 1.86. The van der Waals surface area contributed by atoms with Crippen LogP contribution in [0.3, 0.4) is 0 Å². The van der Waals surface area contributed by atoms with Gasteiger partial charge in [-0.05, 0) is 31.0 Å². The smallest absolute Gasteiger partial charge is 0.254 e. The zero-order chi connectivity index (χ0) is 11.7. The molecular weight excluding hydrogens is 226 g/mol. The van der Waals surface area contributed by atoms with Crippen molar-refractivity contribution in [2.24, 2.45) is 0 Å². The molecule has 0 saturated carbocycles. The minimum absolute atomic E-state index is 0.0449. The summed E-state index contributed by atoms with van der Waals surface area (Å²) in [5.41, 5.74) is 1.43. The molecule has 1 aliphatic heterocycles. The average Bonchev–Trinajstić information content (AvgIpc) is 2.68. The molecule has 86 valence electrons. The second-order valence-corrected chi connectivity index (χ2v) is 4.51. The first-order valence-electron chi connectivity index (χ1n) is 5.32. The molecule has 16 heavy (non-hydrogen) atoms. The molecule has 1 aliphatic rings. The van der Waals surface area contributed by atoms with Gasteiger partial charge in [-0.1, -0.05) is 17.7 Å². The Labute approximate surface area is 99.6 Å². The van der Waals surface area contributed by atoms with Gasteiger partial charge in [0.15, 0.2) is 0 Å². The van der Waals surface area contributed by atoms with Crippen LogP contribution in [0.15, 0.2) is 18.2 Å². The number of aliphatic hydroxyl groups is 1. The van der Waals surface area contributed by atoms with Crippen molar-refractivity contribution in [3.05, 3.63) is 34.3 Å². The molecule has 2 rings (SSSR count). The van der Waals surface area contributed by atoms with E-state index in [4.69, 9.17) is 11.6 Å². The first-order chi connectivity index (χ1) is 7.59. The van der Waals surface area contributed by atoms with Crippen molar-refractivity contribution in [1.29, 1.82) is 0 Å². The van der Waals surface area contributed by atoms with Crippen molar-refractivity contribution in [2.75, 3.05) is 13.1 Å². The molecular formula is C12H14ClNO2. The third kappa shape index (κ3) is 2.06. The summed E-state index contributed by atoms with van der Waals surface area (Å²) in [6.07, 6.45) is 0.272. The third-order valence-electron chi connectivity index (χ3n) is 2.95. The minimum atomic E-state index is -0.386. The van der Waals surface area contributed by atoms with Crippen molar-refractivity contribution < 1.29 is 9.90 Å². The number of hydrogen-bond donors (Lipinski definition) is 1. The Morgan fingerprint density at radius 1 is 1.56 bits per heavy atom. The van der Waals surface area contributed by atoms with Crippen molar-refractivity contribution in [3.63, 3.8) is 0 Å².